The molecular formula is C10H16O4. The highest BCUT2D eigenvalue weighted by atomic mass is 16.5. The minimum absolute atomic E-state index is 0.184. The Morgan fingerprint density at radius 1 is 1.43 bits per heavy atom. The van der Waals surface area contributed by atoms with Gasteiger partial charge in [-0.1, -0.05) is 11.6 Å². The van der Waals surface area contributed by atoms with E-state index in [1.54, 1.807) is 0 Å². The normalized spacial score (nSPS) is 11.6. The van der Waals surface area contributed by atoms with Crippen molar-refractivity contribution in [1.29, 1.82) is 0 Å². The monoisotopic (exact) mass is 200 g/mol. The molecule has 0 radical (unpaired) electrons. The highest BCUT2D eigenvalue weighted by molar-refractivity contribution is 5.79. The average Bonchev–Trinajstić information content (AvgIpc) is 2.10. The fourth-order valence-corrected chi connectivity index (χ4v) is 1.02. The number of hydrogen-bond acceptors (Lipinski definition) is 3. The van der Waals surface area contributed by atoms with Gasteiger partial charge in [0.1, 0.15) is 0 Å². The maximum absolute atomic E-state index is 11.1. The van der Waals surface area contributed by atoms with Gasteiger partial charge in [-0.05, 0) is 20.3 Å². The molecule has 0 aliphatic carbocycles. The summed E-state index contributed by atoms with van der Waals surface area (Å²) in [6.07, 6.45) is 2.07. The largest absolute Gasteiger partial charge is 0.481 e. The Morgan fingerprint density at radius 3 is 2.36 bits per heavy atom. The molecule has 80 valence electrons. The fourth-order valence-electron chi connectivity index (χ4n) is 1.02. The van der Waals surface area contributed by atoms with Crippen LogP contribution in [0.15, 0.2) is 11.6 Å². The van der Waals surface area contributed by atoms with Crippen LogP contribution in [0.1, 0.15) is 26.7 Å². The van der Waals surface area contributed by atoms with Gasteiger partial charge in [-0.3, -0.25) is 9.59 Å². The lowest BCUT2D eigenvalue weighted by Gasteiger charge is -2.09. The third kappa shape index (κ3) is 5.35. The molecule has 0 aromatic heterocycles. The first-order valence-corrected chi connectivity index (χ1v) is 4.40. The molecule has 0 bridgehead atoms. The highest BCUT2D eigenvalue weighted by Crippen LogP contribution is 2.12. The topological polar surface area (TPSA) is 63.6 Å². The van der Waals surface area contributed by atoms with Crippen molar-refractivity contribution in [3.05, 3.63) is 11.6 Å². The summed E-state index contributed by atoms with van der Waals surface area (Å²) in [5.74, 6) is -2.03. The smallest absolute Gasteiger partial charge is 0.309 e. The predicted molar refractivity (Wildman–Crippen MR) is 51.8 cm³/mol. The number of aliphatic carboxylic acids is 1. The maximum atomic E-state index is 11.1. The molecular weight excluding hydrogens is 184 g/mol. The lowest BCUT2D eigenvalue weighted by atomic mass is 10.0. The quantitative estimate of drug-likeness (QED) is 0.541. The zero-order chi connectivity index (χ0) is 11.1. The first-order chi connectivity index (χ1) is 6.47. The van der Waals surface area contributed by atoms with Crippen LogP contribution in [-0.4, -0.2) is 24.2 Å². The first kappa shape index (κ1) is 12.7. The van der Waals surface area contributed by atoms with Gasteiger partial charge < -0.3 is 9.84 Å². The minimum atomic E-state index is -0.984. The van der Waals surface area contributed by atoms with Crippen molar-refractivity contribution in [2.45, 2.75) is 26.7 Å². The Hall–Kier alpha value is -1.32. The van der Waals surface area contributed by atoms with Crippen LogP contribution in [-0.2, 0) is 14.3 Å². The van der Waals surface area contributed by atoms with Crippen LogP contribution in [0.5, 0.6) is 0 Å². The second kappa shape index (κ2) is 6.18. The lowest BCUT2D eigenvalue weighted by Crippen LogP contribution is -2.19. The van der Waals surface area contributed by atoms with Crippen LogP contribution in [0.25, 0.3) is 0 Å². The van der Waals surface area contributed by atoms with Gasteiger partial charge in [-0.2, -0.15) is 0 Å². The van der Waals surface area contributed by atoms with Gasteiger partial charge in [0.25, 0.3) is 0 Å². The van der Waals surface area contributed by atoms with E-state index in [0.717, 1.165) is 5.57 Å². The molecule has 0 rings (SSSR count). The summed E-state index contributed by atoms with van der Waals surface area (Å²) in [5, 5.41) is 8.57. The van der Waals surface area contributed by atoms with E-state index in [9.17, 15) is 9.59 Å². The average molecular weight is 200 g/mol. The molecule has 0 saturated heterocycles. The lowest BCUT2D eigenvalue weighted by molar-refractivity contribution is -0.150. The van der Waals surface area contributed by atoms with Crippen LogP contribution in [0, 0.1) is 5.92 Å². The van der Waals surface area contributed by atoms with Crippen molar-refractivity contribution in [3.8, 4) is 0 Å². The number of allylic oxidation sites excluding steroid dienone is 2. The number of carbonyl (C=O) groups is 2. The molecule has 0 fully saturated rings. The van der Waals surface area contributed by atoms with Crippen molar-refractivity contribution >= 4 is 11.9 Å². The summed E-state index contributed by atoms with van der Waals surface area (Å²) < 4.78 is 4.51. The van der Waals surface area contributed by atoms with Crippen molar-refractivity contribution in [2.24, 2.45) is 5.92 Å². The van der Waals surface area contributed by atoms with E-state index in [-0.39, 0.29) is 6.42 Å². The number of carbonyl (C=O) groups excluding carboxylic acids is 1. The molecule has 1 unspecified atom stereocenters. The third-order valence-corrected chi connectivity index (χ3v) is 1.77. The van der Waals surface area contributed by atoms with E-state index < -0.39 is 17.9 Å². The summed E-state index contributed by atoms with van der Waals surface area (Å²) in [7, 11) is 1.26. The van der Waals surface area contributed by atoms with Gasteiger partial charge in [-0.15, -0.1) is 0 Å². The van der Waals surface area contributed by atoms with Crippen LogP contribution in [0.2, 0.25) is 0 Å². The van der Waals surface area contributed by atoms with Crippen LogP contribution in [0.4, 0.5) is 0 Å². The van der Waals surface area contributed by atoms with E-state index >= 15 is 0 Å². The summed E-state index contributed by atoms with van der Waals surface area (Å²) in [6, 6.07) is 0. The van der Waals surface area contributed by atoms with Gasteiger partial charge >= 0.3 is 11.9 Å². The fraction of sp³-hybridized carbons (Fsp3) is 0.600. The Balaban J connectivity index is 4.32. The Bertz CT molecular complexity index is 239. The molecule has 0 saturated carbocycles. The summed E-state index contributed by atoms with van der Waals surface area (Å²) in [4.78, 5) is 21.6. The van der Waals surface area contributed by atoms with Crippen LogP contribution in [0.3, 0.4) is 0 Å². The van der Waals surface area contributed by atoms with E-state index in [1.165, 1.54) is 7.11 Å². The Morgan fingerprint density at radius 2 is 2.00 bits per heavy atom. The molecule has 0 aromatic rings. The molecule has 1 N–H and O–H groups in total. The molecule has 14 heavy (non-hydrogen) atoms. The second-order valence-corrected chi connectivity index (χ2v) is 3.34. The van der Waals surface area contributed by atoms with E-state index in [0.29, 0.717) is 6.42 Å². The molecule has 1 atom stereocenters. The van der Waals surface area contributed by atoms with Crippen molar-refractivity contribution < 1.29 is 19.4 Å². The zero-order valence-electron chi connectivity index (χ0n) is 8.74. The first-order valence-electron chi connectivity index (χ1n) is 4.40. The zero-order valence-corrected chi connectivity index (χ0v) is 8.74. The Labute approximate surface area is 83.6 Å². The molecule has 4 nitrogen and oxygen atoms in total. The molecule has 4 heteroatoms. The number of esters is 1. The van der Waals surface area contributed by atoms with Gasteiger partial charge in [0, 0.05) is 0 Å². The highest BCUT2D eigenvalue weighted by Gasteiger charge is 2.20. The van der Waals surface area contributed by atoms with Gasteiger partial charge in [-0.25, -0.2) is 0 Å². The molecule has 0 heterocycles. The molecule has 0 aromatic carbocycles. The molecule has 0 spiro atoms. The van der Waals surface area contributed by atoms with E-state index in [2.05, 4.69) is 4.74 Å². The third-order valence-electron chi connectivity index (χ3n) is 1.77. The minimum Gasteiger partial charge on any atom is -0.481 e. The number of ether oxygens (including phenoxy) is 1. The predicted octanol–water partition coefficient (Wildman–Crippen LogP) is 1.61. The molecule has 0 amide bonds. The van der Waals surface area contributed by atoms with E-state index in [4.69, 9.17) is 5.11 Å². The maximum Gasteiger partial charge on any atom is 0.309 e. The molecule has 0 aliphatic heterocycles. The van der Waals surface area contributed by atoms with Gasteiger partial charge in [0.15, 0.2) is 0 Å². The number of hydrogen-bond donors (Lipinski definition) is 1. The number of carboxylic acids is 1. The molecule has 0 aliphatic rings. The van der Waals surface area contributed by atoms with Crippen molar-refractivity contribution in [2.75, 3.05) is 7.11 Å². The van der Waals surface area contributed by atoms with Crippen LogP contribution >= 0.6 is 0 Å². The summed E-state index contributed by atoms with van der Waals surface area (Å²) in [6.45, 7) is 3.80. The van der Waals surface area contributed by atoms with Crippen LogP contribution < -0.4 is 0 Å². The standard InChI is InChI=1S/C10H16O4/c1-7(2)4-5-8(6-9(11)12)10(13)14-3/h4,8H,5-6H2,1-3H3,(H,11,12). The SMILES string of the molecule is COC(=O)C(CC=C(C)C)CC(=O)O. The second-order valence-electron chi connectivity index (χ2n) is 3.34. The Kier molecular flexibility index (Phi) is 5.60. The number of methoxy groups -OCH3 is 1. The van der Waals surface area contributed by atoms with Gasteiger partial charge in [0.2, 0.25) is 0 Å². The van der Waals surface area contributed by atoms with Crippen molar-refractivity contribution in [1.82, 2.24) is 0 Å². The summed E-state index contributed by atoms with van der Waals surface area (Å²) >= 11 is 0. The summed E-state index contributed by atoms with van der Waals surface area (Å²) in [5.41, 5.74) is 1.06. The number of rotatable bonds is 5. The number of carboxylic acid groups (broad SMARTS) is 1. The van der Waals surface area contributed by atoms with E-state index in [1.807, 2.05) is 19.9 Å². The van der Waals surface area contributed by atoms with Gasteiger partial charge in [0.05, 0.1) is 19.4 Å². The van der Waals surface area contributed by atoms with Crippen molar-refractivity contribution in [3.63, 3.8) is 0 Å².